The Bertz CT molecular complexity index is 2130. The molecule has 0 N–H and O–H groups in total. The van der Waals surface area contributed by atoms with E-state index in [0.717, 1.165) is 99.8 Å². The Balaban J connectivity index is 1.37. The minimum atomic E-state index is 0.803. The maximum atomic E-state index is 3.51. The fraction of sp³-hybridized carbons (Fsp3) is 0.370. The van der Waals surface area contributed by atoms with Crippen LogP contribution < -0.4 is 18.3 Å². The van der Waals surface area contributed by atoms with Gasteiger partial charge in [0.25, 0.3) is 0 Å². The summed E-state index contributed by atoms with van der Waals surface area (Å²) < 4.78 is 9.04. The van der Waals surface area contributed by atoms with Gasteiger partial charge in [0.2, 0.25) is 0 Å². The number of hydrogen-bond donors (Lipinski definition) is 0. The van der Waals surface area contributed by atoms with Gasteiger partial charge >= 0.3 is 0 Å². The molecule has 0 saturated carbocycles. The lowest BCUT2D eigenvalue weighted by Gasteiger charge is -2.04. The van der Waals surface area contributed by atoms with Crippen LogP contribution in [0.25, 0.3) is 0 Å². The van der Waals surface area contributed by atoms with Crippen molar-refractivity contribution in [2.75, 3.05) is 0 Å². The van der Waals surface area contributed by atoms with Gasteiger partial charge in [-0.3, -0.25) is 0 Å². The molecule has 4 aromatic heterocycles. The van der Waals surface area contributed by atoms with Crippen LogP contribution in [0.5, 0.6) is 0 Å². The molecule has 0 saturated heterocycles. The number of aromatic nitrogens is 4. The molecule has 0 fully saturated rings. The van der Waals surface area contributed by atoms with Crippen molar-refractivity contribution in [1.82, 2.24) is 0 Å². The molecule has 58 heavy (non-hydrogen) atoms. The van der Waals surface area contributed by atoms with Gasteiger partial charge in [-0.2, -0.15) is 0 Å². The van der Waals surface area contributed by atoms with Crippen molar-refractivity contribution in [1.29, 1.82) is 0 Å². The van der Waals surface area contributed by atoms with Crippen LogP contribution in [-0.4, -0.2) is 0 Å². The first-order valence-electron chi connectivity index (χ1n) is 21.0. The molecule has 0 spiro atoms. The van der Waals surface area contributed by atoms with Gasteiger partial charge in [-0.25, -0.2) is 18.3 Å². The van der Waals surface area contributed by atoms with E-state index in [4.69, 9.17) is 0 Å². The number of nitrogens with zero attached hydrogens (tertiary/aromatic N) is 4. The van der Waals surface area contributed by atoms with Gasteiger partial charge in [-0.15, -0.1) is 0 Å². The molecule has 4 nitrogen and oxygen atoms in total. The summed E-state index contributed by atoms with van der Waals surface area (Å²) in [7, 11) is 0. The van der Waals surface area contributed by atoms with Gasteiger partial charge < -0.3 is 0 Å². The highest BCUT2D eigenvalue weighted by atomic mass is 14.9. The molecular weight excluding hydrogens is 705 g/mol. The minimum absolute atomic E-state index is 0.803. The SMILES string of the molecule is Cc1cc[n+](CCCC#Cc2cc(C#CCCC[n+]3ccc(C)c(C)c3)c(C#CCCC[n+]3ccc(C)c(C)c3)cc2C#CCCC[n+]2ccc(C)c(C)c2)cc1C. The van der Waals surface area contributed by atoms with E-state index in [-0.39, 0.29) is 0 Å². The quantitative estimate of drug-likeness (QED) is 0.0687. The Morgan fingerprint density at radius 1 is 0.328 bits per heavy atom. The van der Waals surface area contributed by atoms with E-state index in [1.807, 2.05) is 0 Å². The van der Waals surface area contributed by atoms with Crippen LogP contribution in [0.2, 0.25) is 0 Å². The molecule has 0 aliphatic heterocycles. The summed E-state index contributed by atoms with van der Waals surface area (Å²) in [6.07, 6.45) is 24.7. The van der Waals surface area contributed by atoms with Crippen molar-refractivity contribution in [2.45, 2.75) is 133 Å². The zero-order chi connectivity index (χ0) is 41.3. The first-order valence-corrected chi connectivity index (χ1v) is 21.0. The maximum Gasteiger partial charge on any atom is 0.171 e. The van der Waals surface area contributed by atoms with Crippen molar-refractivity contribution in [3.05, 3.63) is 153 Å². The van der Waals surface area contributed by atoms with Crippen molar-refractivity contribution >= 4 is 0 Å². The molecule has 4 heterocycles. The van der Waals surface area contributed by atoms with Crippen molar-refractivity contribution in [2.24, 2.45) is 0 Å². The Morgan fingerprint density at radius 2 is 0.552 bits per heavy atom. The van der Waals surface area contributed by atoms with Crippen LogP contribution in [0.4, 0.5) is 0 Å². The van der Waals surface area contributed by atoms with Gasteiger partial charge in [0, 0.05) is 120 Å². The number of aryl methyl sites for hydroxylation is 12. The van der Waals surface area contributed by atoms with Crippen LogP contribution in [0.1, 0.15) is 118 Å². The molecule has 4 heteroatoms. The third-order valence-corrected chi connectivity index (χ3v) is 10.9. The van der Waals surface area contributed by atoms with E-state index in [1.165, 1.54) is 44.5 Å². The highest BCUT2D eigenvalue weighted by Crippen LogP contribution is 2.17. The van der Waals surface area contributed by atoms with Gasteiger partial charge in [0.15, 0.2) is 49.6 Å². The summed E-state index contributed by atoms with van der Waals surface area (Å²) in [4.78, 5) is 0. The lowest BCUT2D eigenvalue weighted by atomic mass is 9.98. The van der Waals surface area contributed by atoms with Crippen LogP contribution in [0, 0.1) is 103 Å². The molecule has 5 rings (SSSR count). The van der Waals surface area contributed by atoms with E-state index in [1.54, 1.807) is 0 Å². The number of hydrogen-bond acceptors (Lipinski definition) is 0. The highest BCUT2D eigenvalue weighted by Gasteiger charge is 2.09. The molecule has 0 radical (unpaired) electrons. The fourth-order valence-corrected chi connectivity index (χ4v) is 6.53. The number of unbranched alkanes of at least 4 members (excludes halogenated alkanes) is 4. The second-order valence-electron chi connectivity index (χ2n) is 15.8. The van der Waals surface area contributed by atoms with Gasteiger partial charge in [0.05, 0.1) is 0 Å². The molecule has 0 atom stereocenters. The second kappa shape index (κ2) is 22.1. The standard InChI is InChI=1S/C54H62N4/c1-43-25-33-55(39-47(43)5)29-17-9-13-21-51-37-53(23-15-11-19-31-57-35-27-45(3)49(7)41-57)54(24-16-12-20-32-58-36-28-46(4)50(8)42-58)38-52(51)22-14-10-18-30-56-34-26-44(2)48(6)40-56/h25-28,33-42H,9-12,17-20,29-32H2,1-8H3/q+4. The zero-order valence-electron chi connectivity index (χ0n) is 36.4. The highest BCUT2D eigenvalue weighted by molar-refractivity contribution is 5.61. The van der Waals surface area contributed by atoms with Crippen molar-refractivity contribution < 1.29 is 18.3 Å². The van der Waals surface area contributed by atoms with E-state index < -0.39 is 0 Å². The van der Waals surface area contributed by atoms with Crippen LogP contribution in [0.3, 0.4) is 0 Å². The molecule has 294 valence electrons. The summed E-state index contributed by atoms with van der Waals surface area (Å²) >= 11 is 0. The average molecular weight is 767 g/mol. The minimum Gasteiger partial charge on any atom is -0.205 e. The summed E-state index contributed by atoms with van der Waals surface area (Å²) in [6.45, 7) is 21.0. The monoisotopic (exact) mass is 766 g/mol. The third-order valence-electron chi connectivity index (χ3n) is 10.9. The summed E-state index contributed by atoms with van der Waals surface area (Å²) in [6, 6.07) is 13.0. The normalized spacial score (nSPS) is 10.3. The lowest BCUT2D eigenvalue weighted by molar-refractivity contribution is -0.697. The lowest BCUT2D eigenvalue weighted by Crippen LogP contribution is -2.33. The molecule has 0 amide bonds. The maximum absolute atomic E-state index is 3.51. The van der Waals surface area contributed by atoms with Crippen LogP contribution >= 0.6 is 0 Å². The van der Waals surface area contributed by atoms with Gasteiger partial charge in [-0.1, -0.05) is 47.4 Å². The summed E-state index contributed by atoms with van der Waals surface area (Å²) in [5.41, 5.74) is 14.2. The van der Waals surface area contributed by atoms with Crippen LogP contribution in [-0.2, 0) is 26.2 Å². The fourth-order valence-electron chi connectivity index (χ4n) is 6.53. The average Bonchev–Trinajstić information content (AvgIpc) is 3.20. The summed E-state index contributed by atoms with van der Waals surface area (Å²) in [5, 5.41) is 0. The van der Waals surface area contributed by atoms with Crippen LogP contribution in [0.15, 0.2) is 86.0 Å². The molecule has 0 aliphatic carbocycles. The van der Waals surface area contributed by atoms with E-state index in [0.29, 0.717) is 0 Å². The number of rotatable bonds is 12. The first kappa shape index (κ1) is 43.2. The smallest absolute Gasteiger partial charge is 0.171 e. The third kappa shape index (κ3) is 13.6. The molecule has 0 unspecified atom stereocenters. The topological polar surface area (TPSA) is 15.5 Å². The predicted octanol–water partition coefficient (Wildman–Crippen LogP) is 8.63. The Hall–Kier alpha value is -5.94. The molecule has 1 aromatic carbocycles. The van der Waals surface area contributed by atoms with Crippen molar-refractivity contribution in [3.8, 4) is 47.4 Å². The van der Waals surface area contributed by atoms with Crippen molar-refractivity contribution in [3.63, 3.8) is 0 Å². The largest absolute Gasteiger partial charge is 0.205 e. The zero-order valence-corrected chi connectivity index (χ0v) is 36.4. The Morgan fingerprint density at radius 3 is 0.759 bits per heavy atom. The molecule has 0 aliphatic rings. The predicted molar refractivity (Wildman–Crippen MR) is 235 cm³/mol. The Kier molecular flexibility index (Phi) is 16.5. The first-order chi connectivity index (χ1) is 28.0. The second-order valence-corrected chi connectivity index (χ2v) is 15.8. The molecular formula is C54H62N4+4. The molecule has 0 bridgehead atoms. The Labute approximate surface area is 350 Å². The molecule has 5 aromatic rings. The number of pyridine rings is 4. The van der Waals surface area contributed by atoms with E-state index >= 15 is 0 Å². The number of benzene rings is 1. The van der Waals surface area contributed by atoms with Gasteiger partial charge in [-0.05, 0) is 89.8 Å². The van der Waals surface area contributed by atoms with E-state index in [2.05, 4.69) is 207 Å². The van der Waals surface area contributed by atoms with Gasteiger partial charge in [0.1, 0.15) is 26.2 Å². The summed E-state index contributed by atoms with van der Waals surface area (Å²) in [5.74, 6) is 28.0. The van der Waals surface area contributed by atoms with E-state index in [9.17, 15) is 0 Å².